The fraction of sp³-hybridized carbons (Fsp3) is 0.300. The fourth-order valence-electron chi connectivity index (χ4n) is 1.11. The summed E-state index contributed by atoms with van der Waals surface area (Å²) in [4.78, 5) is 29.3. The highest BCUT2D eigenvalue weighted by Crippen LogP contribution is 2.42. The summed E-state index contributed by atoms with van der Waals surface area (Å²) >= 11 is 0. The van der Waals surface area contributed by atoms with Crippen molar-refractivity contribution in [3.63, 3.8) is 0 Å². The third-order valence-corrected chi connectivity index (χ3v) is 3.46. The average molecular weight is 228 g/mol. The number of hydrogen-bond donors (Lipinski definition) is 2. The molecule has 0 radical (unpaired) electrons. The Kier molecular flexibility index (Phi) is 3.45. The average Bonchev–Trinajstić information content (AvgIpc) is 2.15. The van der Waals surface area contributed by atoms with Crippen LogP contribution < -0.4 is 0 Å². The molecule has 0 bridgehead atoms. The maximum absolute atomic E-state index is 11.6. The molecule has 0 spiro atoms. The quantitative estimate of drug-likeness (QED) is 0.610. The Labute approximate surface area is 88.1 Å². The first-order valence-electron chi connectivity index (χ1n) is 4.48. The van der Waals surface area contributed by atoms with Crippen LogP contribution in [0.25, 0.3) is 0 Å². The predicted molar refractivity (Wildman–Crippen MR) is 57.0 cm³/mol. The largest absolute Gasteiger partial charge is 0.336 e. The zero-order chi connectivity index (χ0) is 11.6. The molecule has 0 amide bonds. The minimum atomic E-state index is -4.34. The Morgan fingerprint density at radius 3 is 2.13 bits per heavy atom. The highest BCUT2D eigenvalue weighted by molar-refractivity contribution is 7.53. The normalized spacial score (nSPS) is 13.6. The number of benzene rings is 1. The van der Waals surface area contributed by atoms with Gasteiger partial charge in [-0.3, -0.25) is 9.36 Å². The minimum absolute atomic E-state index is 0.330. The molecule has 1 rings (SSSR count). The Morgan fingerprint density at radius 1 is 1.27 bits per heavy atom. The van der Waals surface area contributed by atoms with Crippen molar-refractivity contribution in [1.29, 1.82) is 0 Å². The van der Waals surface area contributed by atoms with Crippen molar-refractivity contribution in [2.75, 3.05) is 0 Å². The number of aryl methyl sites for hydroxylation is 1. The zero-order valence-corrected chi connectivity index (χ0v) is 9.44. The van der Waals surface area contributed by atoms with Gasteiger partial charge >= 0.3 is 7.60 Å². The van der Waals surface area contributed by atoms with Crippen LogP contribution in [0.5, 0.6) is 0 Å². The third kappa shape index (κ3) is 2.99. The van der Waals surface area contributed by atoms with Gasteiger partial charge in [0.1, 0.15) is 5.66 Å². The molecular formula is C10H13O4P. The van der Waals surface area contributed by atoms with Gasteiger partial charge in [0.2, 0.25) is 0 Å². The maximum Gasteiger partial charge on any atom is 0.336 e. The van der Waals surface area contributed by atoms with Crippen LogP contribution in [-0.2, 0) is 4.57 Å². The standard InChI is InChI=1S/C10H13O4P/c1-7-3-5-9(6-4-7)10(11)8(2)15(12,13)14/h3-6,8H,1-2H3,(H2,12,13,14). The summed E-state index contributed by atoms with van der Waals surface area (Å²) in [5, 5.41) is 0. The van der Waals surface area contributed by atoms with Gasteiger partial charge in [0.15, 0.2) is 5.78 Å². The van der Waals surface area contributed by atoms with Gasteiger partial charge in [0.25, 0.3) is 0 Å². The molecule has 1 unspecified atom stereocenters. The van der Waals surface area contributed by atoms with Crippen LogP contribution in [0, 0.1) is 6.92 Å². The number of hydrogen-bond acceptors (Lipinski definition) is 2. The fourth-order valence-corrected chi connectivity index (χ4v) is 1.57. The van der Waals surface area contributed by atoms with Crippen molar-refractivity contribution in [2.24, 2.45) is 0 Å². The molecule has 0 saturated carbocycles. The van der Waals surface area contributed by atoms with E-state index in [1.54, 1.807) is 24.3 Å². The molecule has 5 heteroatoms. The summed E-state index contributed by atoms with van der Waals surface area (Å²) in [6, 6.07) is 6.62. The second-order valence-corrected chi connectivity index (χ2v) is 5.45. The maximum atomic E-state index is 11.6. The van der Waals surface area contributed by atoms with E-state index in [0.717, 1.165) is 5.56 Å². The van der Waals surface area contributed by atoms with E-state index in [0.29, 0.717) is 5.56 Å². The van der Waals surface area contributed by atoms with Crippen LogP contribution >= 0.6 is 7.60 Å². The van der Waals surface area contributed by atoms with Gasteiger partial charge in [0.05, 0.1) is 0 Å². The van der Waals surface area contributed by atoms with Gasteiger partial charge in [0, 0.05) is 5.56 Å². The lowest BCUT2D eigenvalue weighted by Crippen LogP contribution is -2.17. The molecule has 0 fully saturated rings. The molecule has 0 aliphatic rings. The van der Waals surface area contributed by atoms with E-state index >= 15 is 0 Å². The molecule has 15 heavy (non-hydrogen) atoms. The first kappa shape index (κ1) is 12.1. The van der Waals surface area contributed by atoms with Crippen molar-refractivity contribution in [3.8, 4) is 0 Å². The van der Waals surface area contributed by atoms with Crippen molar-refractivity contribution in [3.05, 3.63) is 35.4 Å². The van der Waals surface area contributed by atoms with Crippen molar-refractivity contribution < 1.29 is 19.1 Å². The van der Waals surface area contributed by atoms with Gasteiger partial charge in [-0.25, -0.2) is 0 Å². The highest BCUT2D eigenvalue weighted by atomic mass is 31.2. The van der Waals surface area contributed by atoms with Crippen molar-refractivity contribution in [2.45, 2.75) is 19.5 Å². The molecule has 0 aliphatic carbocycles. The van der Waals surface area contributed by atoms with Crippen LogP contribution in [0.1, 0.15) is 22.8 Å². The minimum Gasteiger partial charge on any atom is -0.324 e. The summed E-state index contributed by atoms with van der Waals surface area (Å²) in [6.45, 7) is 3.11. The summed E-state index contributed by atoms with van der Waals surface area (Å²) in [5.41, 5.74) is 0.0482. The number of carbonyl (C=O) groups is 1. The first-order chi connectivity index (χ1) is 6.82. The lowest BCUT2D eigenvalue weighted by molar-refractivity contribution is 0.0983. The van der Waals surface area contributed by atoms with Crippen LogP contribution in [0.15, 0.2) is 24.3 Å². The Hall–Kier alpha value is -0.960. The van der Waals surface area contributed by atoms with E-state index in [2.05, 4.69) is 0 Å². The lowest BCUT2D eigenvalue weighted by atomic mass is 10.1. The van der Waals surface area contributed by atoms with Gasteiger partial charge in [-0.05, 0) is 13.8 Å². The summed E-state index contributed by atoms with van der Waals surface area (Å²) in [7, 11) is -4.34. The molecule has 2 N–H and O–H groups in total. The van der Waals surface area contributed by atoms with E-state index in [-0.39, 0.29) is 0 Å². The molecule has 0 aliphatic heterocycles. The van der Waals surface area contributed by atoms with E-state index < -0.39 is 19.0 Å². The third-order valence-electron chi connectivity index (χ3n) is 2.22. The van der Waals surface area contributed by atoms with Crippen LogP contribution in [0.3, 0.4) is 0 Å². The Balaban J connectivity index is 2.96. The molecule has 1 aromatic rings. The topological polar surface area (TPSA) is 74.6 Å². The summed E-state index contributed by atoms with van der Waals surface area (Å²) < 4.78 is 10.9. The van der Waals surface area contributed by atoms with Gasteiger partial charge < -0.3 is 9.79 Å². The second kappa shape index (κ2) is 4.27. The number of Topliss-reactive ketones (excluding diaryl/α,β-unsaturated/α-hetero) is 1. The first-order valence-corrected chi connectivity index (χ1v) is 6.16. The van der Waals surface area contributed by atoms with E-state index in [1.165, 1.54) is 6.92 Å². The SMILES string of the molecule is Cc1ccc(C(=O)C(C)P(=O)(O)O)cc1. The molecule has 1 aromatic carbocycles. The summed E-state index contributed by atoms with van der Waals surface area (Å²) in [5.74, 6) is -0.525. The number of carbonyl (C=O) groups excluding carboxylic acids is 1. The van der Waals surface area contributed by atoms with Crippen molar-refractivity contribution >= 4 is 13.4 Å². The highest BCUT2D eigenvalue weighted by Gasteiger charge is 2.31. The molecule has 0 heterocycles. The Bertz CT molecular complexity index is 404. The second-order valence-electron chi connectivity index (χ2n) is 3.50. The van der Waals surface area contributed by atoms with E-state index in [9.17, 15) is 9.36 Å². The van der Waals surface area contributed by atoms with E-state index in [4.69, 9.17) is 9.79 Å². The van der Waals surface area contributed by atoms with Gasteiger partial charge in [-0.1, -0.05) is 29.8 Å². The zero-order valence-electron chi connectivity index (χ0n) is 8.54. The van der Waals surface area contributed by atoms with Crippen molar-refractivity contribution in [1.82, 2.24) is 0 Å². The predicted octanol–water partition coefficient (Wildman–Crippen LogP) is 1.74. The van der Waals surface area contributed by atoms with Crippen LogP contribution in [0.2, 0.25) is 0 Å². The number of rotatable bonds is 3. The van der Waals surface area contributed by atoms with Crippen LogP contribution in [-0.4, -0.2) is 21.2 Å². The van der Waals surface area contributed by atoms with Gasteiger partial charge in [-0.2, -0.15) is 0 Å². The molecule has 82 valence electrons. The number of ketones is 1. The summed E-state index contributed by atoms with van der Waals surface area (Å²) in [6.07, 6.45) is 0. The molecule has 4 nitrogen and oxygen atoms in total. The van der Waals surface area contributed by atoms with E-state index in [1.807, 2.05) is 6.92 Å². The smallest absolute Gasteiger partial charge is 0.324 e. The molecule has 0 saturated heterocycles. The molecule has 1 atom stereocenters. The lowest BCUT2D eigenvalue weighted by Gasteiger charge is -2.11. The van der Waals surface area contributed by atoms with Crippen LogP contribution in [0.4, 0.5) is 0 Å². The molecular weight excluding hydrogens is 215 g/mol. The van der Waals surface area contributed by atoms with Gasteiger partial charge in [-0.15, -0.1) is 0 Å². The Morgan fingerprint density at radius 2 is 1.73 bits per heavy atom. The monoisotopic (exact) mass is 228 g/mol. The molecule has 0 aromatic heterocycles.